The van der Waals surface area contributed by atoms with E-state index in [-0.39, 0.29) is 11.3 Å². The first-order valence-corrected chi connectivity index (χ1v) is 5.87. The maximum absolute atomic E-state index is 10.9. The van der Waals surface area contributed by atoms with Gasteiger partial charge in [-0.05, 0) is 11.8 Å². The Morgan fingerprint density at radius 1 is 1.54 bits per heavy atom. The van der Waals surface area contributed by atoms with Crippen LogP contribution < -0.4 is 0 Å². The summed E-state index contributed by atoms with van der Waals surface area (Å²) >= 11 is 2.27. The topological polar surface area (TPSA) is 37.3 Å². The van der Waals surface area contributed by atoms with Gasteiger partial charge in [0.15, 0.2) is 0 Å². The van der Waals surface area contributed by atoms with E-state index in [0.717, 1.165) is 10.8 Å². The molecule has 0 saturated carbocycles. The molecule has 0 radical (unpaired) electrons. The molecule has 0 aromatic carbocycles. The van der Waals surface area contributed by atoms with Gasteiger partial charge in [-0.15, -0.1) is 0 Å². The lowest BCUT2D eigenvalue weighted by Gasteiger charge is -2.24. The van der Waals surface area contributed by atoms with E-state index >= 15 is 0 Å². The number of halogens is 1. The Hall–Kier alpha value is -0.0600. The Kier molecular flexibility index (Phi) is 5.60. The lowest BCUT2D eigenvalue weighted by atomic mass is 9.80. The summed E-state index contributed by atoms with van der Waals surface area (Å²) in [5.41, 5.74) is -0.201. The molecule has 2 nitrogen and oxygen atoms in total. The van der Waals surface area contributed by atoms with Crippen molar-refractivity contribution in [1.82, 2.24) is 0 Å². The summed E-state index contributed by atoms with van der Waals surface area (Å²) in [5.74, 6) is -1.12. The molecule has 0 aliphatic carbocycles. The monoisotopic (exact) mass is 296 g/mol. The van der Waals surface area contributed by atoms with E-state index in [0.29, 0.717) is 0 Å². The van der Waals surface area contributed by atoms with Crippen molar-refractivity contribution >= 4 is 28.6 Å². The van der Waals surface area contributed by atoms with E-state index in [4.69, 9.17) is 5.11 Å². The minimum Gasteiger partial charge on any atom is -0.481 e. The number of allylic oxidation sites excluding steroid dienone is 1. The molecule has 0 spiro atoms. The zero-order valence-electron chi connectivity index (χ0n) is 8.38. The van der Waals surface area contributed by atoms with E-state index in [1.165, 1.54) is 0 Å². The molecule has 0 bridgehead atoms. The molecule has 76 valence electrons. The van der Waals surface area contributed by atoms with Crippen LogP contribution in [0.3, 0.4) is 0 Å². The van der Waals surface area contributed by atoms with Crippen LogP contribution in [0, 0.1) is 11.3 Å². The molecule has 0 aliphatic rings. The summed E-state index contributed by atoms with van der Waals surface area (Å²) in [6, 6.07) is 0. The standard InChI is InChI=1S/C10H17IO2/c1-10(2,3)8(9(12)13)6-4-5-7-11/h4,6,8H,5,7H2,1-3H3,(H,12,13)/b6-4+. The summed E-state index contributed by atoms with van der Waals surface area (Å²) in [6.45, 7) is 5.83. The second-order valence-electron chi connectivity index (χ2n) is 4.09. The lowest BCUT2D eigenvalue weighted by molar-refractivity contribution is -0.143. The van der Waals surface area contributed by atoms with Crippen molar-refractivity contribution in [2.75, 3.05) is 4.43 Å². The number of carboxylic acids is 1. The van der Waals surface area contributed by atoms with Crippen LogP contribution in [0.2, 0.25) is 0 Å². The summed E-state index contributed by atoms with van der Waals surface area (Å²) in [5, 5.41) is 8.96. The van der Waals surface area contributed by atoms with E-state index in [1.54, 1.807) is 6.08 Å². The maximum Gasteiger partial charge on any atom is 0.310 e. The van der Waals surface area contributed by atoms with Gasteiger partial charge in [0, 0.05) is 4.43 Å². The number of alkyl halides is 1. The van der Waals surface area contributed by atoms with E-state index in [9.17, 15) is 4.79 Å². The van der Waals surface area contributed by atoms with Crippen molar-refractivity contribution in [3.63, 3.8) is 0 Å². The normalized spacial score (nSPS) is 14.8. The lowest BCUT2D eigenvalue weighted by Crippen LogP contribution is -2.26. The Morgan fingerprint density at radius 2 is 2.08 bits per heavy atom. The number of hydrogen-bond donors (Lipinski definition) is 1. The van der Waals surface area contributed by atoms with Gasteiger partial charge in [0.1, 0.15) is 0 Å². The van der Waals surface area contributed by atoms with Gasteiger partial charge in [-0.3, -0.25) is 4.79 Å². The van der Waals surface area contributed by atoms with Crippen LogP contribution in [0.15, 0.2) is 12.2 Å². The molecule has 1 atom stereocenters. The van der Waals surface area contributed by atoms with Crippen molar-refractivity contribution < 1.29 is 9.90 Å². The highest BCUT2D eigenvalue weighted by Crippen LogP contribution is 2.27. The maximum atomic E-state index is 10.9. The van der Waals surface area contributed by atoms with Crippen LogP contribution in [0.25, 0.3) is 0 Å². The average molecular weight is 296 g/mol. The number of aliphatic carboxylic acids is 1. The number of rotatable bonds is 4. The van der Waals surface area contributed by atoms with Gasteiger partial charge < -0.3 is 5.11 Å². The van der Waals surface area contributed by atoms with Crippen LogP contribution in [0.4, 0.5) is 0 Å². The Labute approximate surface area is 93.6 Å². The van der Waals surface area contributed by atoms with Gasteiger partial charge in [0.25, 0.3) is 0 Å². The molecule has 0 heterocycles. The van der Waals surface area contributed by atoms with Crippen LogP contribution >= 0.6 is 22.6 Å². The molecule has 1 unspecified atom stereocenters. The van der Waals surface area contributed by atoms with E-state index < -0.39 is 5.97 Å². The van der Waals surface area contributed by atoms with Crippen molar-refractivity contribution in [1.29, 1.82) is 0 Å². The highest BCUT2D eigenvalue weighted by molar-refractivity contribution is 14.1. The quantitative estimate of drug-likeness (QED) is 0.492. The Balaban J connectivity index is 4.36. The summed E-state index contributed by atoms with van der Waals surface area (Å²) in [6.07, 6.45) is 4.71. The number of carbonyl (C=O) groups is 1. The smallest absolute Gasteiger partial charge is 0.310 e. The van der Waals surface area contributed by atoms with Gasteiger partial charge >= 0.3 is 5.97 Å². The summed E-state index contributed by atoms with van der Waals surface area (Å²) in [4.78, 5) is 10.9. The van der Waals surface area contributed by atoms with Crippen molar-refractivity contribution in [3.8, 4) is 0 Å². The molecule has 1 N–H and O–H groups in total. The minimum atomic E-state index is -0.739. The SMILES string of the molecule is CC(C)(C)C(/C=C/CCI)C(=O)O. The third kappa shape index (κ3) is 5.29. The molecule has 0 amide bonds. The van der Waals surface area contributed by atoms with Crippen LogP contribution in [-0.4, -0.2) is 15.5 Å². The van der Waals surface area contributed by atoms with Crippen LogP contribution in [0.1, 0.15) is 27.2 Å². The largest absolute Gasteiger partial charge is 0.481 e. The van der Waals surface area contributed by atoms with Crippen molar-refractivity contribution in [2.24, 2.45) is 11.3 Å². The second-order valence-corrected chi connectivity index (χ2v) is 5.17. The van der Waals surface area contributed by atoms with E-state index in [1.807, 2.05) is 26.8 Å². The van der Waals surface area contributed by atoms with Crippen LogP contribution in [-0.2, 0) is 4.79 Å². The Morgan fingerprint density at radius 3 is 2.38 bits per heavy atom. The Bertz CT molecular complexity index is 192. The molecule has 0 aliphatic heterocycles. The molecular formula is C10H17IO2. The predicted octanol–water partition coefficient (Wildman–Crippen LogP) is 3.11. The molecule has 13 heavy (non-hydrogen) atoms. The number of hydrogen-bond acceptors (Lipinski definition) is 1. The average Bonchev–Trinajstić information content (AvgIpc) is 1.94. The molecule has 0 aromatic rings. The summed E-state index contributed by atoms with van der Waals surface area (Å²) < 4.78 is 1.03. The molecule has 3 heteroatoms. The second kappa shape index (κ2) is 5.62. The highest BCUT2D eigenvalue weighted by atomic mass is 127. The first-order chi connectivity index (χ1) is 5.89. The van der Waals surface area contributed by atoms with Gasteiger partial charge in [-0.1, -0.05) is 55.5 Å². The fourth-order valence-electron chi connectivity index (χ4n) is 1.04. The predicted molar refractivity (Wildman–Crippen MR) is 63.2 cm³/mol. The third-order valence-electron chi connectivity index (χ3n) is 1.80. The van der Waals surface area contributed by atoms with Crippen molar-refractivity contribution in [2.45, 2.75) is 27.2 Å². The van der Waals surface area contributed by atoms with Gasteiger partial charge in [-0.2, -0.15) is 0 Å². The molecule has 0 rings (SSSR count). The highest BCUT2D eigenvalue weighted by Gasteiger charge is 2.28. The van der Waals surface area contributed by atoms with Gasteiger partial charge in [0.2, 0.25) is 0 Å². The van der Waals surface area contributed by atoms with E-state index in [2.05, 4.69) is 22.6 Å². The first kappa shape index (κ1) is 12.9. The summed E-state index contributed by atoms with van der Waals surface area (Å²) in [7, 11) is 0. The first-order valence-electron chi connectivity index (χ1n) is 4.35. The third-order valence-corrected chi connectivity index (χ3v) is 2.43. The fraction of sp³-hybridized carbons (Fsp3) is 0.700. The van der Waals surface area contributed by atoms with Gasteiger partial charge in [-0.25, -0.2) is 0 Å². The molecule has 0 fully saturated rings. The van der Waals surface area contributed by atoms with Crippen LogP contribution in [0.5, 0.6) is 0 Å². The number of carboxylic acid groups (broad SMARTS) is 1. The zero-order chi connectivity index (χ0) is 10.5. The van der Waals surface area contributed by atoms with Crippen molar-refractivity contribution in [3.05, 3.63) is 12.2 Å². The molecule has 0 aromatic heterocycles. The fourth-order valence-corrected chi connectivity index (χ4v) is 1.40. The minimum absolute atomic E-state index is 0.201. The zero-order valence-corrected chi connectivity index (χ0v) is 10.5. The molecular weight excluding hydrogens is 279 g/mol. The molecule has 0 saturated heterocycles. The van der Waals surface area contributed by atoms with Gasteiger partial charge in [0.05, 0.1) is 5.92 Å².